The van der Waals surface area contributed by atoms with Gasteiger partial charge in [-0.2, -0.15) is 5.26 Å². The number of amides is 1. The highest BCUT2D eigenvalue weighted by Gasteiger charge is 2.32. The Hall–Kier alpha value is -3.14. The van der Waals surface area contributed by atoms with Crippen molar-refractivity contribution in [1.82, 2.24) is 4.90 Å². The number of benzene rings is 1. The number of carbonyl (C=O) groups excluding carboxylic acids is 2. The van der Waals surface area contributed by atoms with Crippen LogP contribution in [0, 0.1) is 24.1 Å². The molecule has 1 aliphatic heterocycles. The highest BCUT2D eigenvalue weighted by molar-refractivity contribution is 6.03. The Balaban J connectivity index is 1.51. The Labute approximate surface area is 162 Å². The number of aryl methyl sites for hydroxylation is 1. The largest absolute Gasteiger partial charge is 0.455 e. The maximum absolute atomic E-state index is 13.9. The van der Waals surface area contributed by atoms with Gasteiger partial charge >= 0.3 is 0 Å². The van der Waals surface area contributed by atoms with E-state index >= 15 is 0 Å². The first-order valence-electron chi connectivity index (χ1n) is 9.39. The predicted molar refractivity (Wildman–Crippen MR) is 99.9 cm³/mol. The molecule has 2 aromatic rings. The van der Waals surface area contributed by atoms with Crippen molar-refractivity contribution in [3.8, 4) is 6.07 Å². The zero-order valence-electron chi connectivity index (χ0n) is 15.6. The zero-order valence-corrected chi connectivity index (χ0v) is 15.6. The normalized spacial score (nSPS) is 16.7. The highest BCUT2D eigenvalue weighted by atomic mass is 19.1. The molecule has 144 valence electrons. The van der Waals surface area contributed by atoms with Crippen LogP contribution in [0.4, 0.5) is 10.1 Å². The molecule has 1 aliphatic carbocycles. The summed E-state index contributed by atoms with van der Waals surface area (Å²) in [6.45, 7) is 3.60. The Morgan fingerprint density at radius 2 is 1.96 bits per heavy atom. The van der Waals surface area contributed by atoms with Crippen LogP contribution in [0.25, 0.3) is 0 Å². The first-order valence-corrected chi connectivity index (χ1v) is 9.39. The van der Waals surface area contributed by atoms with E-state index in [1.54, 1.807) is 24.0 Å². The molecule has 0 bridgehead atoms. The summed E-state index contributed by atoms with van der Waals surface area (Å²) in [5.41, 5.74) is 1.77. The fourth-order valence-corrected chi connectivity index (χ4v) is 4.03. The third kappa shape index (κ3) is 2.95. The molecule has 6 nitrogen and oxygen atoms in total. The average molecular weight is 381 g/mol. The van der Waals surface area contributed by atoms with E-state index in [4.69, 9.17) is 4.42 Å². The summed E-state index contributed by atoms with van der Waals surface area (Å²) in [5, 5.41) is 9.23. The zero-order chi connectivity index (χ0) is 19.8. The number of fused-ring (bicyclic) bond motifs is 1. The van der Waals surface area contributed by atoms with Crippen LogP contribution in [0.5, 0.6) is 0 Å². The Bertz CT molecular complexity index is 997. The van der Waals surface area contributed by atoms with E-state index in [1.165, 1.54) is 6.07 Å². The number of piperazine rings is 1. The number of halogens is 1. The quantitative estimate of drug-likeness (QED) is 0.799. The smallest absolute Gasteiger partial charge is 0.289 e. The molecule has 2 heterocycles. The number of rotatable bonds is 2. The lowest BCUT2D eigenvalue weighted by Crippen LogP contribution is -2.49. The molecule has 1 saturated heterocycles. The van der Waals surface area contributed by atoms with Crippen molar-refractivity contribution < 1.29 is 18.4 Å². The summed E-state index contributed by atoms with van der Waals surface area (Å²) in [5.74, 6) is 0.145. The molecule has 2 aliphatic rings. The molecule has 0 radical (unpaired) electrons. The molecule has 0 saturated carbocycles. The number of nitrogens with zero attached hydrogens (tertiary/aromatic N) is 3. The minimum atomic E-state index is -0.542. The third-order valence-corrected chi connectivity index (χ3v) is 5.51. The van der Waals surface area contributed by atoms with E-state index in [1.807, 2.05) is 11.0 Å². The van der Waals surface area contributed by atoms with Crippen molar-refractivity contribution in [3.05, 3.63) is 52.2 Å². The van der Waals surface area contributed by atoms with Gasteiger partial charge in [-0.15, -0.1) is 0 Å². The number of hydrogen-bond acceptors (Lipinski definition) is 5. The maximum Gasteiger partial charge on any atom is 0.289 e. The van der Waals surface area contributed by atoms with Gasteiger partial charge in [-0.3, -0.25) is 9.59 Å². The predicted octanol–water partition coefficient (Wildman–Crippen LogP) is 3.08. The van der Waals surface area contributed by atoms with E-state index in [-0.39, 0.29) is 23.0 Å². The fraction of sp³-hybridized carbons (Fsp3) is 0.381. The molecule has 4 rings (SSSR count). The van der Waals surface area contributed by atoms with E-state index in [0.29, 0.717) is 61.6 Å². The van der Waals surface area contributed by atoms with Crippen LogP contribution in [0.3, 0.4) is 0 Å². The molecule has 7 heteroatoms. The van der Waals surface area contributed by atoms with Gasteiger partial charge in [-0.05, 0) is 25.5 Å². The molecule has 1 aromatic heterocycles. The molecule has 28 heavy (non-hydrogen) atoms. The van der Waals surface area contributed by atoms with Gasteiger partial charge in [0.15, 0.2) is 11.5 Å². The standard InChI is InChI=1S/C21H20FN3O3/c1-13-19-17(26)6-3-7-18(19)28-20(13)21(27)25-10-8-24(9-11-25)16-5-2-4-15(22)14(16)12-23/h2,4-5H,3,6-11H2,1H3. The number of nitriles is 1. The van der Waals surface area contributed by atoms with Crippen molar-refractivity contribution in [3.63, 3.8) is 0 Å². The highest BCUT2D eigenvalue weighted by Crippen LogP contribution is 2.30. The summed E-state index contributed by atoms with van der Waals surface area (Å²) in [4.78, 5) is 28.7. The van der Waals surface area contributed by atoms with Crippen LogP contribution in [-0.4, -0.2) is 42.8 Å². The molecular weight excluding hydrogens is 361 g/mol. The SMILES string of the molecule is Cc1c(C(=O)N2CCN(c3cccc(F)c3C#N)CC2)oc2c1C(=O)CCC2. The van der Waals surface area contributed by atoms with Crippen molar-refractivity contribution in [2.45, 2.75) is 26.2 Å². The molecule has 1 fully saturated rings. The Kier molecular flexibility index (Phi) is 4.63. The lowest BCUT2D eigenvalue weighted by molar-refractivity contribution is 0.0711. The van der Waals surface area contributed by atoms with Gasteiger partial charge in [-0.1, -0.05) is 6.07 Å². The number of hydrogen-bond donors (Lipinski definition) is 0. The lowest BCUT2D eigenvalue weighted by Gasteiger charge is -2.36. The van der Waals surface area contributed by atoms with Crippen LogP contribution >= 0.6 is 0 Å². The summed E-state index contributed by atoms with van der Waals surface area (Å²) >= 11 is 0. The molecule has 1 amide bonds. The van der Waals surface area contributed by atoms with Gasteiger partial charge in [0.05, 0.1) is 11.3 Å². The lowest BCUT2D eigenvalue weighted by atomic mass is 9.94. The topological polar surface area (TPSA) is 77.6 Å². The van der Waals surface area contributed by atoms with Crippen LogP contribution in [-0.2, 0) is 6.42 Å². The first kappa shape index (κ1) is 18.2. The Morgan fingerprint density at radius 3 is 2.64 bits per heavy atom. The van der Waals surface area contributed by atoms with E-state index in [0.717, 1.165) is 6.42 Å². The van der Waals surface area contributed by atoms with E-state index in [9.17, 15) is 19.2 Å². The van der Waals surface area contributed by atoms with Crippen molar-refractivity contribution in [2.75, 3.05) is 31.1 Å². The molecular formula is C21H20FN3O3. The van der Waals surface area contributed by atoms with Crippen LogP contribution in [0.2, 0.25) is 0 Å². The fourth-order valence-electron chi connectivity index (χ4n) is 4.03. The second-order valence-corrected chi connectivity index (χ2v) is 7.16. The number of Topliss-reactive ketones (excluding diaryl/α,β-unsaturated/α-hetero) is 1. The number of furan rings is 1. The van der Waals surface area contributed by atoms with Gasteiger partial charge in [0.25, 0.3) is 5.91 Å². The number of ketones is 1. The van der Waals surface area contributed by atoms with E-state index < -0.39 is 5.82 Å². The second-order valence-electron chi connectivity index (χ2n) is 7.16. The minimum Gasteiger partial charge on any atom is -0.455 e. The molecule has 0 N–H and O–H groups in total. The Morgan fingerprint density at radius 1 is 1.21 bits per heavy atom. The molecule has 0 spiro atoms. The monoisotopic (exact) mass is 381 g/mol. The first-order chi connectivity index (χ1) is 13.5. The third-order valence-electron chi connectivity index (χ3n) is 5.51. The summed E-state index contributed by atoms with van der Waals surface area (Å²) in [7, 11) is 0. The molecule has 0 atom stereocenters. The van der Waals surface area contributed by atoms with Crippen molar-refractivity contribution >= 4 is 17.4 Å². The molecule has 1 aromatic carbocycles. The molecule has 0 unspecified atom stereocenters. The van der Waals surface area contributed by atoms with Gasteiger partial charge in [-0.25, -0.2) is 4.39 Å². The van der Waals surface area contributed by atoms with Crippen molar-refractivity contribution in [2.24, 2.45) is 0 Å². The van der Waals surface area contributed by atoms with Crippen LogP contribution in [0.15, 0.2) is 22.6 Å². The van der Waals surface area contributed by atoms with Gasteiger partial charge in [0.1, 0.15) is 23.2 Å². The van der Waals surface area contributed by atoms with Crippen molar-refractivity contribution in [1.29, 1.82) is 5.26 Å². The van der Waals surface area contributed by atoms with Gasteiger partial charge in [0, 0.05) is 44.6 Å². The summed E-state index contributed by atoms with van der Waals surface area (Å²) in [6.07, 6.45) is 1.92. The minimum absolute atomic E-state index is 0.0235. The summed E-state index contributed by atoms with van der Waals surface area (Å²) in [6, 6.07) is 6.48. The van der Waals surface area contributed by atoms with Crippen LogP contribution in [0.1, 0.15) is 50.6 Å². The number of anilines is 1. The second kappa shape index (κ2) is 7.12. The van der Waals surface area contributed by atoms with E-state index in [2.05, 4.69) is 0 Å². The van der Waals surface area contributed by atoms with Gasteiger partial charge in [0.2, 0.25) is 0 Å². The average Bonchev–Trinajstić information content (AvgIpc) is 3.05. The summed E-state index contributed by atoms with van der Waals surface area (Å²) < 4.78 is 19.6. The van der Waals surface area contributed by atoms with Gasteiger partial charge < -0.3 is 14.2 Å². The maximum atomic E-state index is 13.9. The number of carbonyl (C=O) groups is 2. The van der Waals surface area contributed by atoms with Crippen LogP contribution < -0.4 is 4.90 Å².